The Morgan fingerprint density at radius 2 is 1.79 bits per heavy atom. The number of hydrogen-bond donors (Lipinski definition) is 2. The van der Waals surface area contributed by atoms with Crippen molar-refractivity contribution < 1.29 is 19.0 Å². The molecule has 0 fully saturated rings. The van der Waals surface area contributed by atoms with Gasteiger partial charge in [0, 0.05) is 12.1 Å². The Morgan fingerprint density at radius 3 is 2.16 bits per heavy atom. The molecule has 1 amide bonds. The van der Waals surface area contributed by atoms with E-state index in [2.05, 4.69) is 0 Å². The van der Waals surface area contributed by atoms with Crippen LogP contribution in [0, 0.1) is 26.0 Å². The first kappa shape index (κ1) is 14.4. The highest BCUT2D eigenvalue weighted by molar-refractivity contribution is 5.83. The monoisotopic (exact) mass is 272 g/mol. The van der Waals surface area contributed by atoms with E-state index in [1.807, 2.05) is 0 Å². The summed E-state index contributed by atoms with van der Waals surface area (Å²) >= 11 is 0. The minimum Gasteiger partial charge on any atom is -0.369 e. The van der Waals surface area contributed by atoms with Gasteiger partial charge in [-0.3, -0.25) is 25.0 Å². The minimum absolute atomic E-state index is 0.382. The molecule has 19 heavy (non-hydrogen) atoms. The van der Waals surface area contributed by atoms with Crippen LogP contribution in [0.1, 0.15) is 11.5 Å². The molecular weight excluding hydrogens is 263 g/mol. The van der Waals surface area contributed by atoms with Crippen LogP contribution in [0.15, 0.2) is 12.1 Å². The molecule has 0 unspecified atom stereocenters. The third kappa shape index (κ3) is 2.80. The maximum Gasteiger partial charge on any atom is 0.311 e. The quantitative estimate of drug-likeness (QED) is 0.574. The third-order valence-corrected chi connectivity index (χ3v) is 2.44. The highest BCUT2D eigenvalue weighted by atomic mass is 19.1. The van der Waals surface area contributed by atoms with Crippen molar-refractivity contribution in [3.63, 3.8) is 0 Å². The van der Waals surface area contributed by atoms with Gasteiger partial charge in [-0.05, 0) is 6.07 Å². The lowest BCUT2D eigenvalue weighted by molar-refractivity contribution is -0.396. The number of nitro benzene ring substituents is 2. The van der Waals surface area contributed by atoms with E-state index in [-0.39, 0.29) is 12.1 Å². The molecule has 0 radical (unpaired) electrons. The summed E-state index contributed by atoms with van der Waals surface area (Å²) in [6, 6.07) is 0.981. The van der Waals surface area contributed by atoms with Crippen LogP contribution >= 0.6 is 0 Å². The van der Waals surface area contributed by atoms with Gasteiger partial charge in [-0.1, -0.05) is 0 Å². The molecular formula is C9H9FN4O5. The summed E-state index contributed by atoms with van der Waals surface area (Å²) in [7, 11) is 0. The largest absolute Gasteiger partial charge is 0.369 e. The lowest BCUT2D eigenvalue weighted by Crippen LogP contribution is -2.28. The molecule has 0 heterocycles. The number of carbonyl (C=O) groups excluding carboxylic acids is 1. The van der Waals surface area contributed by atoms with Crippen LogP contribution in [0.25, 0.3) is 0 Å². The van der Waals surface area contributed by atoms with Crippen LogP contribution in [0.4, 0.5) is 15.8 Å². The van der Waals surface area contributed by atoms with E-state index in [0.717, 1.165) is 0 Å². The Hall–Kier alpha value is -2.62. The SMILES string of the molecule is NC[C@@H](C(N)=O)c1cc(F)c([N+](=O)[O-])cc1[N+](=O)[O-]. The maximum atomic E-state index is 13.4. The summed E-state index contributed by atoms with van der Waals surface area (Å²) in [5, 5.41) is 21.3. The van der Waals surface area contributed by atoms with Crippen molar-refractivity contribution in [2.24, 2.45) is 11.5 Å². The Balaban J connectivity index is 3.55. The van der Waals surface area contributed by atoms with E-state index in [0.29, 0.717) is 12.1 Å². The predicted molar refractivity (Wildman–Crippen MR) is 60.7 cm³/mol. The first-order valence-corrected chi connectivity index (χ1v) is 4.91. The Bertz CT molecular complexity index is 562. The van der Waals surface area contributed by atoms with Gasteiger partial charge in [0.1, 0.15) is 0 Å². The lowest BCUT2D eigenvalue weighted by Gasteiger charge is -2.11. The standard InChI is InChI=1S/C9H9FN4O5/c10-6-1-4(5(3-11)9(12)15)7(13(16)17)2-8(6)14(18)19/h1-2,5H,3,11H2,(H2,12,15)/t5-/m1/s1. The maximum absolute atomic E-state index is 13.4. The number of rotatable bonds is 5. The highest BCUT2D eigenvalue weighted by Crippen LogP contribution is 2.32. The Labute approximate surface area is 105 Å². The summed E-state index contributed by atoms with van der Waals surface area (Å²) in [5.41, 5.74) is 8.02. The van der Waals surface area contributed by atoms with Crippen LogP contribution in [0.2, 0.25) is 0 Å². The predicted octanol–water partition coefficient (Wildman–Crippen LogP) is 0.170. The van der Waals surface area contributed by atoms with Gasteiger partial charge in [0.05, 0.1) is 21.8 Å². The molecule has 0 aliphatic heterocycles. The van der Waals surface area contributed by atoms with Crippen LogP contribution < -0.4 is 11.5 Å². The topological polar surface area (TPSA) is 155 Å². The molecule has 0 aliphatic carbocycles. The summed E-state index contributed by atoms with van der Waals surface area (Å²) in [4.78, 5) is 30.4. The molecule has 1 aromatic rings. The number of nitrogens with two attached hydrogens (primary N) is 2. The second kappa shape index (κ2) is 5.35. The summed E-state index contributed by atoms with van der Waals surface area (Å²) in [6.07, 6.45) is 0. The van der Waals surface area contributed by atoms with Crippen LogP contribution in [0.5, 0.6) is 0 Å². The lowest BCUT2D eigenvalue weighted by atomic mass is 9.96. The number of halogens is 1. The van der Waals surface area contributed by atoms with E-state index >= 15 is 0 Å². The van der Waals surface area contributed by atoms with Gasteiger partial charge in [-0.25, -0.2) is 0 Å². The summed E-state index contributed by atoms with van der Waals surface area (Å²) in [6.45, 7) is -0.382. The number of nitrogens with zero attached hydrogens (tertiary/aromatic N) is 2. The molecule has 4 N–H and O–H groups in total. The normalized spacial score (nSPS) is 11.9. The number of benzene rings is 1. The van der Waals surface area contributed by atoms with E-state index in [1.165, 1.54) is 0 Å². The molecule has 1 atom stereocenters. The number of nitro groups is 2. The Kier molecular flexibility index (Phi) is 4.07. The third-order valence-electron chi connectivity index (χ3n) is 2.44. The first-order valence-electron chi connectivity index (χ1n) is 4.91. The fraction of sp³-hybridized carbons (Fsp3) is 0.222. The molecule has 102 valence electrons. The molecule has 1 rings (SSSR count). The second-order valence-corrected chi connectivity index (χ2v) is 3.57. The minimum atomic E-state index is -1.30. The molecule has 0 aromatic heterocycles. The van der Waals surface area contributed by atoms with Gasteiger partial charge in [-0.15, -0.1) is 0 Å². The highest BCUT2D eigenvalue weighted by Gasteiger charge is 2.30. The number of carbonyl (C=O) groups is 1. The average Bonchev–Trinajstić information content (AvgIpc) is 2.28. The molecule has 1 aromatic carbocycles. The zero-order valence-electron chi connectivity index (χ0n) is 9.41. The van der Waals surface area contributed by atoms with Gasteiger partial charge >= 0.3 is 5.69 Å². The van der Waals surface area contributed by atoms with E-state index < -0.39 is 38.9 Å². The fourth-order valence-electron chi connectivity index (χ4n) is 1.54. The number of hydrogen-bond acceptors (Lipinski definition) is 6. The van der Waals surface area contributed by atoms with Crippen molar-refractivity contribution in [1.29, 1.82) is 0 Å². The van der Waals surface area contributed by atoms with E-state index in [9.17, 15) is 29.4 Å². The van der Waals surface area contributed by atoms with Crippen molar-refractivity contribution in [1.82, 2.24) is 0 Å². The van der Waals surface area contributed by atoms with Crippen molar-refractivity contribution in [3.8, 4) is 0 Å². The van der Waals surface area contributed by atoms with Crippen molar-refractivity contribution >= 4 is 17.3 Å². The van der Waals surface area contributed by atoms with Crippen LogP contribution in [0.3, 0.4) is 0 Å². The molecule has 0 saturated carbocycles. The average molecular weight is 272 g/mol. The van der Waals surface area contributed by atoms with Crippen LogP contribution in [-0.2, 0) is 4.79 Å². The number of amides is 1. The smallest absolute Gasteiger partial charge is 0.311 e. The zero-order valence-corrected chi connectivity index (χ0v) is 9.41. The molecule has 9 nitrogen and oxygen atoms in total. The van der Waals surface area contributed by atoms with E-state index in [4.69, 9.17) is 11.5 Å². The zero-order chi connectivity index (χ0) is 14.7. The molecule has 0 saturated heterocycles. The molecule has 0 bridgehead atoms. The molecule has 10 heteroatoms. The second-order valence-electron chi connectivity index (χ2n) is 3.57. The van der Waals surface area contributed by atoms with Gasteiger partial charge < -0.3 is 11.5 Å². The fourth-order valence-corrected chi connectivity index (χ4v) is 1.54. The van der Waals surface area contributed by atoms with E-state index in [1.54, 1.807) is 0 Å². The molecule has 0 spiro atoms. The summed E-state index contributed by atoms with van der Waals surface area (Å²) < 4.78 is 13.4. The number of primary amides is 1. The first-order chi connectivity index (χ1) is 8.79. The van der Waals surface area contributed by atoms with Crippen LogP contribution in [-0.4, -0.2) is 22.3 Å². The van der Waals surface area contributed by atoms with Gasteiger partial charge in [0.25, 0.3) is 5.69 Å². The van der Waals surface area contributed by atoms with Gasteiger partial charge in [0.15, 0.2) is 0 Å². The Morgan fingerprint density at radius 1 is 1.26 bits per heavy atom. The van der Waals surface area contributed by atoms with Crippen molar-refractivity contribution in [2.45, 2.75) is 5.92 Å². The molecule has 0 aliphatic rings. The van der Waals surface area contributed by atoms with Crippen molar-refractivity contribution in [3.05, 3.63) is 43.7 Å². The summed E-state index contributed by atoms with van der Waals surface area (Å²) in [5.74, 6) is -3.58. The van der Waals surface area contributed by atoms with Gasteiger partial charge in [0.2, 0.25) is 11.7 Å². The van der Waals surface area contributed by atoms with Gasteiger partial charge in [-0.2, -0.15) is 4.39 Å². The van der Waals surface area contributed by atoms with Crippen molar-refractivity contribution in [2.75, 3.05) is 6.54 Å².